The van der Waals surface area contributed by atoms with E-state index in [1.165, 1.54) is 0 Å². The number of rotatable bonds is 8. The number of hydrogen-bond donors (Lipinski definition) is 2. The van der Waals surface area contributed by atoms with Gasteiger partial charge in [-0.2, -0.15) is 0 Å². The van der Waals surface area contributed by atoms with Crippen molar-refractivity contribution in [2.75, 3.05) is 47.1 Å². The first-order valence-electron chi connectivity index (χ1n) is 4.41. The van der Waals surface area contributed by atoms with Gasteiger partial charge >= 0.3 is 0 Å². The molecule has 0 aromatic rings. The molecule has 0 aliphatic heterocycles. The standard InChI is InChI=1S/C8H19N3O3/c1-13-5-3-11(4-6-14-2)7-8(9)10-12/h12H,3-7H2,1-2H3,(H2,9,10). The first-order chi connectivity index (χ1) is 6.74. The molecular weight excluding hydrogens is 186 g/mol. The molecule has 0 aromatic carbocycles. The highest BCUT2D eigenvalue weighted by molar-refractivity contribution is 5.81. The Labute approximate surface area is 84.3 Å². The van der Waals surface area contributed by atoms with Gasteiger partial charge in [0, 0.05) is 27.3 Å². The highest BCUT2D eigenvalue weighted by Crippen LogP contribution is 1.88. The van der Waals surface area contributed by atoms with Crippen LogP contribution in [0.2, 0.25) is 0 Å². The van der Waals surface area contributed by atoms with Crippen molar-refractivity contribution in [3.8, 4) is 0 Å². The number of amidine groups is 1. The summed E-state index contributed by atoms with van der Waals surface area (Å²) in [6.07, 6.45) is 0. The largest absolute Gasteiger partial charge is 0.409 e. The maximum atomic E-state index is 8.41. The molecule has 6 nitrogen and oxygen atoms in total. The quantitative estimate of drug-likeness (QED) is 0.238. The minimum Gasteiger partial charge on any atom is -0.409 e. The summed E-state index contributed by atoms with van der Waals surface area (Å²) < 4.78 is 9.88. The van der Waals surface area contributed by atoms with E-state index in [2.05, 4.69) is 5.16 Å². The lowest BCUT2D eigenvalue weighted by Crippen LogP contribution is -2.38. The van der Waals surface area contributed by atoms with E-state index in [0.29, 0.717) is 19.8 Å². The Kier molecular flexibility index (Phi) is 8.20. The minimum absolute atomic E-state index is 0.192. The SMILES string of the molecule is COCCN(CCOC)CC(N)=NO. The van der Waals surface area contributed by atoms with Crippen LogP contribution in [0.4, 0.5) is 0 Å². The van der Waals surface area contributed by atoms with Crippen LogP contribution in [-0.2, 0) is 9.47 Å². The van der Waals surface area contributed by atoms with Crippen LogP contribution in [-0.4, -0.2) is 63.0 Å². The van der Waals surface area contributed by atoms with Gasteiger partial charge < -0.3 is 20.4 Å². The summed E-state index contributed by atoms with van der Waals surface area (Å²) in [6.45, 7) is 3.11. The number of oxime groups is 1. The van der Waals surface area contributed by atoms with Gasteiger partial charge in [-0.05, 0) is 0 Å². The van der Waals surface area contributed by atoms with E-state index in [-0.39, 0.29) is 5.84 Å². The molecule has 0 spiro atoms. The summed E-state index contributed by atoms with van der Waals surface area (Å²) >= 11 is 0. The van der Waals surface area contributed by atoms with Crippen LogP contribution >= 0.6 is 0 Å². The second-order valence-corrected chi connectivity index (χ2v) is 2.85. The average molecular weight is 205 g/mol. The fourth-order valence-corrected chi connectivity index (χ4v) is 0.971. The van der Waals surface area contributed by atoms with Crippen molar-refractivity contribution >= 4 is 5.84 Å². The molecule has 14 heavy (non-hydrogen) atoms. The van der Waals surface area contributed by atoms with Crippen molar-refractivity contribution in [3.63, 3.8) is 0 Å². The molecular formula is C8H19N3O3. The van der Waals surface area contributed by atoms with E-state index in [0.717, 1.165) is 13.1 Å². The summed E-state index contributed by atoms with van der Waals surface area (Å²) in [6, 6.07) is 0. The van der Waals surface area contributed by atoms with E-state index in [1.807, 2.05) is 4.90 Å². The van der Waals surface area contributed by atoms with Crippen molar-refractivity contribution in [3.05, 3.63) is 0 Å². The van der Waals surface area contributed by atoms with E-state index < -0.39 is 0 Å². The smallest absolute Gasteiger partial charge is 0.153 e. The first-order valence-corrected chi connectivity index (χ1v) is 4.41. The normalized spacial score (nSPS) is 12.4. The van der Waals surface area contributed by atoms with E-state index >= 15 is 0 Å². The molecule has 0 bridgehead atoms. The van der Waals surface area contributed by atoms with Gasteiger partial charge in [0.25, 0.3) is 0 Å². The van der Waals surface area contributed by atoms with Crippen molar-refractivity contribution in [1.82, 2.24) is 4.90 Å². The lowest BCUT2D eigenvalue weighted by atomic mass is 10.4. The van der Waals surface area contributed by atoms with Crippen molar-refractivity contribution in [1.29, 1.82) is 0 Å². The van der Waals surface area contributed by atoms with Crippen LogP contribution in [0.15, 0.2) is 5.16 Å². The topological polar surface area (TPSA) is 80.3 Å². The van der Waals surface area contributed by atoms with Gasteiger partial charge in [-0.15, -0.1) is 0 Å². The molecule has 0 aliphatic carbocycles. The Morgan fingerprint density at radius 2 is 1.79 bits per heavy atom. The highest BCUT2D eigenvalue weighted by atomic mass is 16.5. The third-order valence-electron chi connectivity index (χ3n) is 1.74. The molecule has 0 fully saturated rings. The lowest BCUT2D eigenvalue weighted by molar-refractivity contribution is 0.122. The summed E-state index contributed by atoms with van der Waals surface area (Å²) in [7, 11) is 3.27. The lowest BCUT2D eigenvalue weighted by Gasteiger charge is -2.20. The highest BCUT2D eigenvalue weighted by Gasteiger charge is 2.06. The fourth-order valence-electron chi connectivity index (χ4n) is 0.971. The zero-order valence-electron chi connectivity index (χ0n) is 8.77. The van der Waals surface area contributed by atoms with Crippen LogP contribution < -0.4 is 5.73 Å². The molecule has 0 unspecified atom stereocenters. The molecule has 6 heteroatoms. The van der Waals surface area contributed by atoms with Crippen LogP contribution in [0.5, 0.6) is 0 Å². The van der Waals surface area contributed by atoms with Crippen molar-refractivity contribution in [2.45, 2.75) is 0 Å². The third-order valence-corrected chi connectivity index (χ3v) is 1.74. The Hall–Kier alpha value is -0.850. The Balaban J connectivity index is 3.83. The van der Waals surface area contributed by atoms with Crippen LogP contribution in [0, 0.1) is 0 Å². The number of methoxy groups -OCH3 is 2. The molecule has 0 radical (unpaired) electrons. The molecule has 3 N–H and O–H groups in total. The molecule has 0 heterocycles. The van der Waals surface area contributed by atoms with Gasteiger partial charge in [0.2, 0.25) is 0 Å². The number of ether oxygens (including phenoxy) is 2. The zero-order valence-corrected chi connectivity index (χ0v) is 8.77. The molecule has 0 aliphatic rings. The third kappa shape index (κ3) is 6.64. The molecule has 0 amide bonds. The van der Waals surface area contributed by atoms with Gasteiger partial charge in [-0.3, -0.25) is 4.90 Å². The van der Waals surface area contributed by atoms with E-state index in [4.69, 9.17) is 20.4 Å². The minimum atomic E-state index is 0.192. The maximum absolute atomic E-state index is 8.41. The second-order valence-electron chi connectivity index (χ2n) is 2.85. The Bertz CT molecular complexity index is 156. The summed E-state index contributed by atoms with van der Waals surface area (Å²) in [5.41, 5.74) is 5.39. The van der Waals surface area contributed by atoms with Crippen LogP contribution in [0.25, 0.3) is 0 Å². The van der Waals surface area contributed by atoms with Gasteiger partial charge in [0.15, 0.2) is 5.84 Å². The van der Waals surface area contributed by atoms with Crippen molar-refractivity contribution < 1.29 is 14.7 Å². The van der Waals surface area contributed by atoms with Gasteiger partial charge in [-0.25, -0.2) is 0 Å². The fraction of sp³-hybridized carbons (Fsp3) is 0.875. The predicted octanol–water partition coefficient (Wildman–Crippen LogP) is -0.672. The summed E-state index contributed by atoms with van der Waals surface area (Å²) in [4.78, 5) is 1.99. The van der Waals surface area contributed by atoms with Crippen LogP contribution in [0.1, 0.15) is 0 Å². The zero-order chi connectivity index (χ0) is 10.8. The number of nitrogens with zero attached hydrogens (tertiary/aromatic N) is 2. The van der Waals surface area contributed by atoms with Gasteiger partial charge in [-0.1, -0.05) is 5.16 Å². The monoisotopic (exact) mass is 205 g/mol. The number of hydrogen-bond acceptors (Lipinski definition) is 5. The Morgan fingerprint density at radius 1 is 1.29 bits per heavy atom. The first kappa shape index (κ1) is 13.2. The molecule has 84 valence electrons. The second kappa shape index (κ2) is 8.74. The average Bonchev–Trinajstić information content (AvgIpc) is 2.21. The van der Waals surface area contributed by atoms with E-state index in [1.54, 1.807) is 14.2 Å². The Morgan fingerprint density at radius 3 is 2.14 bits per heavy atom. The maximum Gasteiger partial charge on any atom is 0.153 e. The van der Waals surface area contributed by atoms with Crippen LogP contribution in [0.3, 0.4) is 0 Å². The van der Waals surface area contributed by atoms with Gasteiger partial charge in [0.1, 0.15) is 0 Å². The van der Waals surface area contributed by atoms with Crippen molar-refractivity contribution in [2.24, 2.45) is 10.9 Å². The van der Waals surface area contributed by atoms with Gasteiger partial charge in [0.05, 0.1) is 19.8 Å². The molecule has 0 rings (SSSR count). The molecule has 0 aromatic heterocycles. The summed E-state index contributed by atoms with van der Waals surface area (Å²) in [5, 5.41) is 11.3. The predicted molar refractivity (Wildman–Crippen MR) is 53.6 cm³/mol. The molecule has 0 saturated heterocycles. The number of nitrogens with two attached hydrogens (primary N) is 1. The summed E-state index contributed by atoms with van der Waals surface area (Å²) in [5.74, 6) is 0.192. The van der Waals surface area contributed by atoms with E-state index in [9.17, 15) is 0 Å². The molecule has 0 atom stereocenters. The molecule has 0 saturated carbocycles.